The number of ether oxygens (including phenoxy) is 1. The zero-order valence-electron chi connectivity index (χ0n) is 19.3. The third kappa shape index (κ3) is 4.52. The Morgan fingerprint density at radius 1 is 1.08 bits per heavy atom. The molecule has 2 heterocycles. The summed E-state index contributed by atoms with van der Waals surface area (Å²) in [6, 6.07) is 20.0. The molecule has 3 N–H and O–H groups in total. The van der Waals surface area contributed by atoms with E-state index < -0.39 is 18.1 Å². The highest BCUT2D eigenvalue weighted by molar-refractivity contribution is 6.05. The van der Waals surface area contributed by atoms with Crippen LogP contribution in [0.25, 0.3) is 11.0 Å². The molecule has 1 aromatic heterocycles. The number of aliphatic hydroxyl groups excluding tert-OH is 1. The van der Waals surface area contributed by atoms with Crippen LogP contribution in [0.5, 0.6) is 5.75 Å². The molecule has 0 radical (unpaired) electrons. The van der Waals surface area contributed by atoms with Crippen LogP contribution in [0, 0.1) is 12.3 Å². The van der Waals surface area contributed by atoms with Gasteiger partial charge >= 0.3 is 6.03 Å². The first-order valence-electron chi connectivity index (χ1n) is 11.5. The molecule has 3 amide bonds. The number of urea groups is 1. The van der Waals surface area contributed by atoms with Crippen molar-refractivity contribution < 1.29 is 19.4 Å². The molecule has 0 spiro atoms. The van der Waals surface area contributed by atoms with Crippen LogP contribution in [0.3, 0.4) is 0 Å². The molecule has 4 aromatic rings. The van der Waals surface area contributed by atoms with Gasteiger partial charge in [0.15, 0.2) is 0 Å². The zero-order chi connectivity index (χ0) is 25.1. The summed E-state index contributed by atoms with van der Waals surface area (Å²) in [5.74, 6) is 3.31. The molecule has 2 atom stereocenters. The smallest absolute Gasteiger partial charge is 0.325 e. The first-order valence-corrected chi connectivity index (χ1v) is 11.5. The number of nitrogens with zero attached hydrogens (tertiary/aromatic N) is 2. The van der Waals surface area contributed by atoms with Gasteiger partial charge in [-0.2, -0.15) is 0 Å². The normalized spacial score (nSPS) is 16.1. The lowest BCUT2D eigenvalue weighted by Crippen LogP contribution is -2.36. The van der Waals surface area contributed by atoms with Crippen LogP contribution >= 0.6 is 0 Å². The summed E-state index contributed by atoms with van der Waals surface area (Å²) >= 11 is 0. The van der Waals surface area contributed by atoms with Gasteiger partial charge in [-0.05, 0) is 41.5 Å². The van der Waals surface area contributed by atoms with Crippen molar-refractivity contribution in [2.75, 3.05) is 13.2 Å². The topological polar surface area (TPSA) is 108 Å². The van der Waals surface area contributed by atoms with E-state index in [0.29, 0.717) is 34.6 Å². The number of aromatic amines is 1. The molecule has 3 aromatic carbocycles. The summed E-state index contributed by atoms with van der Waals surface area (Å²) < 4.78 is 5.39. The van der Waals surface area contributed by atoms with Gasteiger partial charge in [-0.25, -0.2) is 9.78 Å². The van der Waals surface area contributed by atoms with Gasteiger partial charge in [0.1, 0.15) is 30.3 Å². The minimum atomic E-state index is -0.833. The largest absolute Gasteiger partial charge is 0.491 e. The molecule has 1 aliphatic rings. The van der Waals surface area contributed by atoms with Crippen molar-refractivity contribution in [3.63, 3.8) is 0 Å². The number of aliphatic hydroxyl groups is 1. The van der Waals surface area contributed by atoms with Gasteiger partial charge in [0, 0.05) is 12.0 Å². The quantitative estimate of drug-likeness (QED) is 0.264. The number of H-pyrrole nitrogens is 1. The highest BCUT2D eigenvalue weighted by atomic mass is 16.5. The molecule has 1 aliphatic heterocycles. The van der Waals surface area contributed by atoms with Crippen LogP contribution in [-0.2, 0) is 11.2 Å². The van der Waals surface area contributed by atoms with Gasteiger partial charge in [-0.1, -0.05) is 48.4 Å². The van der Waals surface area contributed by atoms with E-state index in [1.165, 1.54) is 4.90 Å². The van der Waals surface area contributed by atoms with E-state index in [4.69, 9.17) is 21.3 Å². The molecule has 0 saturated carbocycles. The Morgan fingerprint density at radius 2 is 1.86 bits per heavy atom. The number of carbonyl (C=O) groups excluding carboxylic acids is 2. The lowest BCUT2D eigenvalue weighted by atomic mass is 10.0. The van der Waals surface area contributed by atoms with E-state index in [1.807, 2.05) is 42.5 Å². The molecule has 0 unspecified atom stereocenters. The second-order valence-corrected chi connectivity index (χ2v) is 8.44. The van der Waals surface area contributed by atoms with Gasteiger partial charge in [-0.3, -0.25) is 9.69 Å². The fourth-order valence-electron chi connectivity index (χ4n) is 4.36. The van der Waals surface area contributed by atoms with E-state index in [-0.39, 0.29) is 19.1 Å². The maximum atomic E-state index is 13.6. The van der Waals surface area contributed by atoms with E-state index in [9.17, 15) is 9.59 Å². The number of amides is 3. The molecular weight excluding hydrogens is 456 g/mol. The first kappa shape index (κ1) is 23.1. The lowest BCUT2D eigenvalue weighted by molar-refractivity contribution is -0.129. The SMILES string of the molecule is C#Cc1ccc2nc([C@@H](Cc3ccccc3)N3C(=O)N[C@@H](c4ccc(OCCO)cc4)C3=O)[nH]c2c1. The molecule has 5 rings (SSSR count). The maximum Gasteiger partial charge on any atom is 0.325 e. The summed E-state index contributed by atoms with van der Waals surface area (Å²) in [6.07, 6.45) is 5.93. The van der Waals surface area contributed by atoms with E-state index in [1.54, 1.807) is 30.3 Å². The van der Waals surface area contributed by atoms with Crippen molar-refractivity contribution >= 4 is 23.0 Å². The van der Waals surface area contributed by atoms with Gasteiger partial charge < -0.3 is 20.1 Å². The predicted octanol–water partition coefficient (Wildman–Crippen LogP) is 3.49. The lowest BCUT2D eigenvalue weighted by Gasteiger charge is -2.24. The molecule has 36 heavy (non-hydrogen) atoms. The zero-order valence-corrected chi connectivity index (χ0v) is 19.3. The summed E-state index contributed by atoms with van der Waals surface area (Å²) in [5, 5.41) is 11.7. The minimum Gasteiger partial charge on any atom is -0.491 e. The number of carbonyl (C=O) groups is 2. The summed E-state index contributed by atoms with van der Waals surface area (Å²) in [7, 11) is 0. The number of aromatic nitrogens is 2. The number of terminal acetylenes is 1. The van der Waals surface area contributed by atoms with Crippen LogP contribution in [0.4, 0.5) is 4.79 Å². The van der Waals surface area contributed by atoms with Crippen molar-refractivity contribution in [1.82, 2.24) is 20.2 Å². The third-order valence-electron chi connectivity index (χ3n) is 6.11. The van der Waals surface area contributed by atoms with Crippen molar-refractivity contribution in [2.45, 2.75) is 18.5 Å². The predicted molar refractivity (Wildman–Crippen MR) is 134 cm³/mol. The number of fused-ring (bicyclic) bond motifs is 1. The Kier molecular flexibility index (Phi) is 6.39. The number of nitrogens with one attached hydrogen (secondary N) is 2. The van der Waals surface area contributed by atoms with Gasteiger partial charge in [0.05, 0.1) is 17.6 Å². The van der Waals surface area contributed by atoms with Crippen LogP contribution in [-0.4, -0.2) is 45.1 Å². The van der Waals surface area contributed by atoms with E-state index in [2.05, 4.69) is 16.2 Å². The van der Waals surface area contributed by atoms with Crippen molar-refractivity contribution in [2.24, 2.45) is 0 Å². The summed E-state index contributed by atoms with van der Waals surface area (Å²) in [5.41, 5.74) is 3.74. The summed E-state index contributed by atoms with van der Waals surface area (Å²) in [4.78, 5) is 36.0. The average Bonchev–Trinajstić information content (AvgIpc) is 3.46. The second kappa shape index (κ2) is 9.94. The molecular formula is C28H24N4O4. The Balaban J connectivity index is 1.48. The number of hydrogen-bond donors (Lipinski definition) is 3. The highest BCUT2D eigenvalue weighted by Crippen LogP contribution is 2.33. The van der Waals surface area contributed by atoms with Gasteiger partial charge in [-0.15, -0.1) is 6.42 Å². The molecule has 0 bridgehead atoms. The number of hydrogen-bond acceptors (Lipinski definition) is 5. The number of benzene rings is 3. The molecule has 8 nitrogen and oxygen atoms in total. The Labute approximate surface area is 207 Å². The van der Waals surface area contributed by atoms with Crippen molar-refractivity contribution in [3.8, 4) is 18.1 Å². The van der Waals surface area contributed by atoms with E-state index >= 15 is 0 Å². The van der Waals surface area contributed by atoms with Gasteiger partial charge in [0.25, 0.3) is 5.91 Å². The fourth-order valence-corrected chi connectivity index (χ4v) is 4.36. The van der Waals surface area contributed by atoms with Gasteiger partial charge in [0.2, 0.25) is 0 Å². The monoisotopic (exact) mass is 480 g/mol. The summed E-state index contributed by atoms with van der Waals surface area (Å²) in [6.45, 7) is 0.0796. The fraction of sp³-hybridized carbons (Fsp3) is 0.179. The highest BCUT2D eigenvalue weighted by Gasteiger charge is 2.44. The standard InChI is InChI=1S/C28H24N4O4/c1-2-18-8-13-22-23(16-18)30-26(29-22)24(17-19-6-4-3-5-7-19)32-27(34)25(31-28(32)35)20-9-11-21(12-10-20)36-15-14-33/h1,3-13,16,24-25,33H,14-15,17H2,(H,29,30)(H,31,35)/t24-,25+/m1/s1. The maximum absolute atomic E-state index is 13.6. The Morgan fingerprint density at radius 3 is 2.58 bits per heavy atom. The number of rotatable bonds is 8. The van der Waals surface area contributed by atoms with Crippen LogP contribution in [0.15, 0.2) is 72.8 Å². The van der Waals surface area contributed by atoms with Crippen LogP contribution in [0.2, 0.25) is 0 Å². The Hall–Kier alpha value is -4.61. The second-order valence-electron chi connectivity index (χ2n) is 8.44. The van der Waals surface area contributed by atoms with Crippen molar-refractivity contribution in [3.05, 3.63) is 95.3 Å². The minimum absolute atomic E-state index is 0.0947. The molecule has 1 fully saturated rings. The molecule has 1 saturated heterocycles. The average molecular weight is 481 g/mol. The van der Waals surface area contributed by atoms with E-state index in [0.717, 1.165) is 11.1 Å². The number of imidazole rings is 1. The first-order chi connectivity index (χ1) is 17.6. The third-order valence-corrected chi connectivity index (χ3v) is 6.11. The number of imide groups is 1. The molecule has 8 heteroatoms. The Bertz CT molecular complexity index is 1440. The van der Waals surface area contributed by atoms with Crippen LogP contribution in [0.1, 0.15) is 34.6 Å². The van der Waals surface area contributed by atoms with Crippen molar-refractivity contribution in [1.29, 1.82) is 0 Å². The van der Waals surface area contributed by atoms with Crippen LogP contribution < -0.4 is 10.1 Å². The molecule has 0 aliphatic carbocycles. The molecule has 180 valence electrons.